The normalized spacial score (nSPS) is 11.0. The van der Waals surface area contributed by atoms with Crippen molar-refractivity contribution < 1.29 is 19.0 Å². The van der Waals surface area contributed by atoms with Crippen LogP contribution in [0.25, 0.3) is 23.0 Å². The summed E-state index contributed by atoms with van der Waals surface area (Å²) in [5.41, 5.74) is 4.04. The number of anilines is 1. The van der Waals surface area contributed by atoms with Gasteiger partial charge in [0.15, 0.2) is 11.5 Å². The van der Waals surface area contributed by atoms with Crippen LogP contribution in [-0.2, 0) is 4.79 Å². The number of fused-ring (bicyclic) bond motifs is 1. The van der Waals surface area contributed by atoms with Gasteiger partial charge < -0.3 is 23.9 Å². The Labute approximate surface area is 185 Å². The lowest BCUT2D eigenvalue weighted by atomic mass is 10.1. The minimum Gasteiger partial charge on any atom is -0.493 e. The van der Waals surface area contributed by atoms with Crippen LogP contribution in [0.15, 0.2) is 73.1 Å². The van der Waals surface area contributed by atoms with E-state index in [1.54, 1.807) is 39.5 Å². The van der Waals surface area contributed by atoms with Gasteiger partial charge in [0.05, 0.1) is 27.0 Å². The number of carbonyl (C=O) groups excluding carboxylic acids is 1. The van der Waals surface area contributed by atoms with Crippen molar-refractivity contribution in [2.45, 2.75) is 0 Å². The third-order valence-corrected chi connectivity index (χ3v) is 4.90. The number of hydrogen-bond donors (Lipinski definition) is 1. The molecule has 4 rings (SSSR count). The fourth-order valence-corrected chi connectivity index (χ4v) is 3.38. The lowest BCUT2D eigenvalue weighted by Crippen LogP contribution is -2.07. The van der Waals surface area contributed by atoms with Crippen molar-refractivity contribution in [1.29, 1.82) is 0 Å². The van der Waals surface area contributed by atoms with Gasteiger partial charge in [-0.05, 0) is 48.0 Å². The van der Waals surface area contributed by atoms with E-state index in [4.69, 9.17) is 14.2 Å². The summed E-state index contributed by atoms with van der Waals surface area (Å²) >= 11 is 0. The van der Waals surface area contributed by atoms with E-state index in [0.29, 0.717) is 22.9 Å². The first-order chi connectivity index (χ1) is 15.6. The number of nitrogens with one attached hydrogen (secondary N) is 1. The van der Waals surface area contributed by atoms with Crippen LogP contribution in [-0.4, -0.2) is 36.6 Å². The first-order valence-corrected chi connectivity index (χ1v) is 9.94. The number of nitrogens with zero attached hydrogens (tertiary/aromatic N) is 2. The zero-order valence-corrected chi connectivity index (χ0v) is 18.0. The maximum atomic E-state index is 12.5. The zero-order valence-electron chi connectivity index (χ0n) is 18.0. The van der Waals surface area contributed by atoms with Gasteiger partial charge in [-0.3, -0.25) is 4.79 Å². The average Bonchev–Trinajstić information content (AvgIpc) is 3.26. The number of imidazole rings is 1. The summed E-state index contributed by atoms with van der Waals surface area (Å²) < 4.78 is 18.0. The van der Waals surface area contributed by atoms with E-state index in [9.17, 15) is 4.79 Å². The van der Waals surface area contributed by atoms with Crippen LogP contribution in [0.5, 0.6) is 17.2 Å². The largest absolute Gasteiger partial charge is 0.493 e. The zero-order chi connectivity index (χ0) is 22.5. The van der Waals surface area contributed by atoms with E-state index < -0.39 is 0 Å². The molecule has 0 aliphatic heterocycles. The molecule has 0 bridgehead atoms. The molecule has 7 nitrogen and oxygen atoms in total. The fourth-order valence-electron chi connectivity index (χ4n) is 3.38. The molecule has 0 atom stereocenters. The van der Waals surface area contributed by atoms with E-state index in [1.807, 2.05) is 59.3 Å². The number of hydrogen-bond acceptors (Lipinski definition) is 5. The monoisotopic (exact) mass is 429 g/mol. The molecule has 0 aliphatic rings. The molecule has 2 aromatic carbocycles. The van der Waals surface area contributed by atoms with Gasteiger partial charge in [-0.2, -0.15) is 0 Å². The molecule has 0 saturated heterocycles. The molecule has 2 aromatic heterocycles. The van der Waals surface area contributed by atoms with Crippen molar-refractivity contribution in [3.63, 3.8) is 0 Å². The Balaban J connectivity index is 1.51. The number of aromatic nitrogens is 2. The number of pyridine rings is 1. The molecular weight excluding hydrogens is 406 g/mol. The van der Waals surface area contributed by atoms with Gasteiger partial charge in [0.2, 0.25) is 11.7 Å². The van der Waals surface area contributed by atoms with Crippen LogP contribution in [0.3, 0.4) is 0 Å². The van der Waals surface area contributed by atoms with Crippen LogP contribution in [0.2, 0.25) is 0 Å². The Kier molecular flexibility index (Phi) is 6.07. The molecule has 0 radical (unpaired) electrons. The Hall–Kier alpha value is -4.26. The van der Waals surface area contributed by atoms with E-state index in [-0.39, 0.29) is 5.91 Å². The summed E-state index contributed by atoms with van der Waals surface area (Å²) in [6.45, 7) is 0. The number of benzene rings is 2. The highest BCUT2D eigenvalue weighted by atomic mass is 16.5. The highest BCUT2D eigenvalue weighted by Gasteiger charge is 2.12. The van der Waals surface area contributed by atoms with Gasteiger partial charge in [-0.1, -0.05) is 18.2 Å². The first kappa shape index (κ1) is 21.0. The Morgan fingerprint density at radius 2 is 1.75 bits per heavy atom. The molecule has 162 valence electrons. The summed E-state index contributed by atoms with van der Waals surface area (Å²) in [5.74, 6) is 1.28. The third-order valence-electron chi connectivity index (χ3n) is 4.90. The predicted octanol–water partition coefficient (Wildman–Crippen LogP) is 4.68. The SMILES string of the molecule is COc1cc(/C=C/C(=O)Nc2cccc(-c3cn4ccccc4n3)c2)cc(OC)c1OC. The summed E-state index contributed by atoms with van der Waals surface area (Å²) in [7, 11) is 4.64. The van der Waals surface area contributed by atoms with Crippen LogP contribution in [0.4, 0.5) is 5.69 Å². The van der Waals surface area contributed by atoms with E-state index >= 15 is 0 Å². The maximum absolute atomic E-state index is 12.5. The molecule has 32 heavy (non-hydrogen) atoms. The molecular formula is C25H23N3O4. The Morgan fingerprint density at radius 3 is 2.44 bits per heavy atom. The molecule has 0 saturated carbocycles. The number of rotatable bonds is 7. The molecule has 0 spiro atoms. The second-order valence-corrected chi connectivity index (χ2v) is 6.95. The minimum absolute atomic E-state index is 0.258. The molecule has 7 heteroatoms. The van der Waals surface area contributed by atoms with Crippen molar-refractivity contribution in [3.05, 3.63) is 78.6 Å². The van der Waals surface area contributed by atoms with Crippen molar-refractivity contribution in [1.82, 2.24) is 9.38 Å². The standard InChI is InChI=1S/C25H23N3O4/c1-30-21-13-17(14-22(31-2)25(21)32-3)10-11-24(29)26-19-8-6-7-18(15-19)20-16-28-12-5-4-9-23(28)27-20/h4-16H,1-3H3,(H,26,29)/b11-10+. The van der Waals surface area contributed by atoms with Crippen molar-refractivity contribution in [2.24, 2.45) is 0 Å². The molecule has 4 aromatic rings. The highest BCUT2D eigenvalue weighted by Crippen LogP contribution is 2.38. The van der Waals surface area contributed by atoms with Gasteiger partial charge >= 0.3 is 0 Å². The van der Waals surface area contributed by atoms with Gasteiger partial charge in [0, 0.05) is 29.7 Å². The summed E-state index contributed by atoms with van der Waals surface area (Å²) in [4.78, 5) is 17.1. The smallest absolute Gasteiger partial charge is 0.248 e. The van der Waals surface area contributed by atoms with Crippen LogP contribution in [0.1, 0.15) is 5.56 Å². The Bertz CT molecular complexity index is 1240. The minimum atomic E-state index is -0.258. The average molecular weight is 429 g/mol. The molecule has 1 amide bonds. The van der Waals surface area contributed by atoms with E-state index in [2.05, 4.69) is 10.3 Å². The van der Waals surface area contributed by atoms with Gasteiger partial charge in [0.25, 0.3) is 0 Å². The topological polar surface area (TPSA) is 74.1 Å². The predicted molar refractivity (Wildman–Crippen MR) is 124 cm³/mol. The number of carbonyl (C=O) groups is 1. The summed E-state index contributed by atoms with van der Waals surface area (Å²) in [5, 5.41) is 2.89. The number of amides is 1. The molecule has 0 unspecified atom stereocenters. The summed E-state index contributed by atoms with van der Waals surface area (Å²) in [6.07, 6.45) is 7.05. The number of ether oxygens (including phenoxy) is 3. The van der Waals surface area contributed by atoms with E-state index in [0.717, 1.165) is 22.5 Å². The highest BCUT2D eigenvalue weighted by molar-refractivity contribution is 6.02. The van der Waals surface area contributed by atoms with Gasteiger partial charge in [-0.25, -0.2) is 4.98 Å². The third kappa shape index (κ3) is 4.41. The maximum Gasteiger partial charge on any atom is 0.248 e. The lowest BCUT2D eigenvalue weighted by Gasteiger charge is -2.12. The van der Waals surface area contributed by atoms with Crippen molar-refractivity contribution >= 4 is 23.3 Å². The summed E-state index contributed by atoms with van der Waals surface area (Å²) in [6, 6.07) is 17.0. The molecule has 2 heterocycles. The van der Waals surface area contributed by atoms with Gasteiger partial charge in [0.1, 0.15) is 5.65 Å². The molecule has 0 fully saturated rings. The second kappa shape index (κ2) is 9.26. The molecule has 1 N–H and O–H groups in total. The quantitative estimate of drug-likeness (QED) is 0.432. The Morgan fingerprint density at radius 1 is 0.969 bits per heavy atom. The first-order valence-electron chi connectivity index (χ1n) is 9.94. The lowest BCUT2D eigenvalue weighted by molar-refractivity contribution is -0.111. The van der Waals surface area contributed by atoms with E-state index in [1.165, 1.54) is 6.08 Å². The number of methoxy groups -OCH3 is 3. The second-order valence-electron chi connectivity index (χ2n) is 6.95. The van der Waals surface area contributed by atoms with Crippen molar-refractivity contribution in [2.75, 3.05) is 26.6 Å². The van der Waals surface area contributed by atoms with Crippen LogP contribution < -0.4 is 19.5 Å². The fraction of sp³-hybridized carbons (Fsp3) is 0.120. The van der Waals surface area contributed by atoms with Gasteiger partial charge in [-0.15, -0.1) is 0 Å². The van der Waals surface area contributed by atoms with Crippen molar-refractivity contribution in [3.8, 4) is 28.5 Å². The van der Waals surface area contributed by atoms with Crippen LogP contribution >= 0.6 is 0 Å². The van der Waals surface area contributed by atoms with Crippen LogP contribution in [0, 0.1) is 0 Å². The molecule has 0 aliphatic carbocycles.